The highest BCUT2D eigenvalue weighted by Crippen LogP contribution is 2.41. The van der Waals surface area contributed by atoms with Crippen molar-refractivity contribution in [3.8, 4) is 0 Å². The van der Waals surface area contributed by atoms with Crippen LogP contribution in [0.4, 0.5) is 0 Å². The first kappa shape index (κ1) is 23.0. The van der Waals surface area contributed by atoms with Crippen LogP contribution in [0.3, 0.4) is 0 Å². The number of rotatable bonds is 4. The maximum atomic E-state index is 13.9. The molecule has 1 aliphatic rings. The summed E-state index contributed by atoms with van der Waals surface area (Å²) < 4.78 is 0. The van der Waals surface area contributed by atoms with E-state index in [1.807, 2.05) is 48.5 Å². The van der Waals surface area contributed by atoms with E-state index in [0.29, 0.717) is 22.3 Å². The molecular weight excluding hydrogens is 505 g/mol. The van der Waals surface area contributed by atoms with E-state index in [9.17, 15) is 9.59 Å². The van der Waals surface area contributed by atoms with Gasteiger partial charge in [0.05, 0.1) is 0 Å². The Labute approximate surface area is 228 Å². The molecule has 0 saturated carbocycles. The van der Waals surface area contributed by atoms with Gasteiger partial charge in [0.25, 0.3) is 0 Å². The van der Waals surface area contributed by atoms with E-state index in [1.54, 1.807) is 12.1 Å². The molecule has 1 aliphatic carbocycles. The van der Waals surface area contributed by atoms with E-state index >= 15 is 0 Å². The van der Waals surface area contributed by atoms with Crippen LogP contribution < -0.4 is 0 Å². The highest BCUT2D eigenvalue weighted by Gasteiger charge is 2.33. The number of fused-ring (bicyclic) bond motifs is 4. The number of ketones is 2. The van der Waals surface area contributed by atoms with Crippen molar-refractivity contribution >= 4 is 56.6 Å². The molecule has 38 heavy (non-hydrogen) atoms. The van der Waals surface area contributed by atoms with E-state index in [1.165, 1.54) is 34.3 Å². The van der Waals surface area contributed by atoms with Gasteiger partial charge in [-0.25, -0.2) is 0 Å². The molecule has 0 unspecified atom stereocenters. The van der Waals surface area contributed by atoms with E-state index in [2.05, 4.69) is 60.7 Å². The largest absolute Gasteiger partial charge is 0.289 e. The van der Waals surface area contributed by atoms with E-state index in [-0.39, 0.29) is 11.6 Å². The van der Waals surface area contributed by atoms with Gasteiger partial charge in [-0.3, -0.25) is 9.59 Å². The number of hydrogen-bond acceptors (Lipinski definition) is 4. The first-order valence-corrected chi connectivity index (χ1v) is 14.0. The van der Waals surface area contributed by atoms with Crippen LogP contribution in [-0.2, 0) is 0 Å². The van der Waals surface area contributed by atoms with Crippen molar-refractivity contribution in [3.63, 3.8) is 0 Å². The van der Waals surface area contributed by atoms with Crippen LogP contribution in [0, 0.1) is 0 Å². The third kappa shape index (κ3) is 3.94. The van der Waals surface area contributed by atoms with Crippen LogP contribution in [0.1, 0.15) is 31.8 Å². The van der Waals surface area contributed by atoms with Gasteiger partial charge in [0.15, 0.2) is 11.6 Å². The lowest BCUT2D eigenvalue weighted by molar-refractivity contribution is 0.0974. The molecule has 0 aromatic heterocycles. The Balaban J connectivity index is 1.27. The van der Waals surface area contributed by atoms with Gasteiger partial charge in [0.1, 0.15) is 0 Å². The smallest absolute Gasteiger partial charge is 0.195 e. The topological polar surface area (TPSA) is 34.1 Å². The molecule has 6 aromatic carbocycles. The SMILES string of the molecule is O=C1c2cccc(Sc3ccc4ccccc4c3)c2C(=O)c2cccc(Sc3ccc4ccccc4c3)c21. The maximum Gasteiger partial charge on any atom is 0.195 e. The monoisotopic (exact) mass is 524 g/mol. The molecule has 0 N–H and O–H groups in total. The molecule has 0 spiro atoms. The fraction of sp³-hybridized carbons (Fsp3) is 0. The zero-order valence-electron chi connectivity index (χ0n) is 20.2. The number of carbonyl (C=O) groups excluding carboxylic acids is 2. The summed E-state index contributed by atoms with van der Waals surface area (Å²) in [6.07, 6.45) is 0. The lowest BCUT2D eigenvalue weighted by Gasteiger charge is -2.22. The van der Waals surface area contributed by atoms with Crippen LogP contribution in [-0.4, -0.2) is 11.6 Å². The first-order valence-electron chi connectivity index (χ1n) is 12.3. The standard InChI is InChI=1S/C34H20O2S2/c35-33-28-12-6-14-30(38-26-18-16-22-8-2-4-10-24(22)20-26)32(28)34(36)27-11-5-13-29(31(27)33)37-25-17-15-21-7-1-3-9-23(21)19-25/h1-20H. The summed E-state index contributed by atoms with van der Waals surface area (Å²) in [5.74, 6) is -0.195. The summed E-state index contributed by atoms with van der Waals surface area (Å²) in [5.41, 5.74) is 1.94. The van der Waals surface area contributed by atoms with Crippen molar-refractivity contribution < 1.29 is 9.59 Å². The number of carbonyl (C=O) groups is 2. The van der Waals surface area contributed by atoms with Crippen molar-refractivity contribution in [3.05, 3.63) is 144 Å². The van der Waals surface area contributed by atoms with Gasteiger partial charge in [-0.1, -0.05) is 108 Å². The molecule has 0 heterocycles. The second-order valence-corrected chi connectivity index (χ2v) is 11.5. The zero-order chi connectivity index (χ0) is 25.6. The maximum absolute atomic E-state index is 13.9. The minimum atomic E-state index is -0.0977. The van der Waals surface area contributed by atoms with Gasteiger partial charge in [-0.05, 0) is 57.9 Å². The third-order valence-corrected chi connectivity index (χ3v) is 8.99. The normalized spacial score (nSPS) is 12.5. The lowest BCUT2D eigenvalue weighted by Crippen LogP contribution is -2.22. The number of benzene rings is 6. The van der Waals surface area contributed by atoms with Gasteiger partial charge in [-0.15, -0.1) is 0 Å². The van der Waals surface area contributed by atoms with Gasteiger partial charge < -0.3 is 0 Å². The molecule has 0 bridgehead atoms. The Morgan fingerprint density at radius 1 is 0.395 bits per heavy atom. The van der Waals surface area contributed by atoms with Crippen molar-refractivity contribution in [1.29, 1.82) is 0 Å². The minimum absolute atomic E-state index is 0.0977. The van der Waals surface area contributed by atoms with Crippen molar-refractivity contribution in [1.82, 2.24) is 0 Å². The molecule has 0 radical (unpaired) electrons. The fourth-order valence-electron chi connectivity index (χ4n) is 5.06. The molecular formula is C34H20O2S2. The minimum Gasteiger partial charge on any atom is -0.289 e. The van der Waals surface area contributed by atoms with Crippen molar-refractivity contribution in [2.75, 3.05) is 0 Å². The summed E-state index contributed by atoms with van der Waals surface area (Å²) >= 11 is 3.05. The second kappa shape index (κ2) is 9.32. The Morgan fingerprint density at radius 2 is 0.816 bits per heavy atom. The van der Waals surface area contributed by atoms with Crippen molar-refractivity contribution in [2.24, 2.45) is 0 Å². The molecule has 4 heteroatoms. The van der Waals surface area contributed by atoms with Crippen LogP contribution >= 0.6 is 23.5 Å². The summed E-state index contributed by atoms with van der Waals surface area (Å²) in [7, 11) is 0. The van der Waals surface area contributed by atoms with Gasteiger partial charge in [0, 0.05) is 41.8 Å². The molecule has 0 fully saturated rings. The molecule has 2 nitrogen and oxygen atoms in total. The van der Waals surface area contributed by atoms with Crippen LogP contribution in [0.25, 0.3) is 21.5 Å². The van der Waals surface area contributed by atoms with E-state index in [0.717, 1.165) is 30.4 Å². The average Bonchev–Trinajstić information content (AvgIpc) is 2.95. The van der Waals surface area contributed by atoms with Crippen LogP contribution in [0.2, 0.25) is 0 Å². The quantitative estimate of drug-likeness (QED) is 0.230. The predicted molar refractivity (Wildman–Crippen MR) is 156 cm³/mol. The van der Waals surface area contributed by atoms with Crippen LogP contribution in [0.15, 0.2) is 141 Å². The van der Waals surface area contributed by atoms with E-state index < -0.39 is 0 Å². The number of hydrogen-bond donors (Lipinski definition) is 0. The molecule has 0 aliphatic heterocycles. The van der Waals surface area contributed by atoms with Crippen molar-refractivity contribution in [2.45, 2.75) is 19.6 Å². The van der Waals surface area contributed by atoms with E-state index in [4.69, 9.17) is 0 Å². The molecule has 0 saturated heterocycles. The van der Waals surface area contributed by atoms with Crippen LogP contribution in [0.5, 0.6) is 0 Å². The Kier molecular flexibility index (Phi) is 5.65. The summed E-state index contributed by atoms with van der Waals surface area (Å²) in [5, 5.41) is 4.63. The molecule has 180 valence electrons. The third-order valence-electron chi connectivity index (χ3n) is 6.89. The highest BCUT2D eigenvalue weighted by atomic mass is 32.2. The van der Waals surface area contributed by atoms with Gasteiger partial charge in [-0.2, -0.15) is 0 Å². The average molecular weight is 525 g/mol. The summed E-state index contributed by atoms with van der Waals surface area (Å²) in [6, 6.07) is 40.2. The summed E-state index contributed by atoms with van der Waals surface area (Å²) in [4.78, 5) is 31.4. The molecule has 0 amide bonds. The predicted octanol–water partition coefficient (Wildman–Crippen LogP) is 9.07. The molecule has 7 rings (SSSR count). The Bertz CT molecular complexity index is 1780. The second-order valence-electron chi connectivity index (χ2n) is 9.24. The summed E-state index contributed by atoms with van der Waals surface area (Å²) in [6.45, 7) is 0. The molecule has 6 aromatic rings. The van der Waals surface area contributed by atoms with Gasteiger partial charge >= 0.3 is 0 Å². The highest BCUT2D eigenvalue weighted by molar-refractivity contribution is 7.99. The zero-order valence-corrected chi connectivity index (χ0v) is 21.8. The molecule has 0 atom stereocenters. The Morgan fingerprint density at radius 3 is 1.26 bits per heavy atom. The van der Waals surface area contributed by atoms with Gasteiger partial charge in [0.2, 0.25) is 0 Å². The lowest BCUT2D eigenvalue weighted by atomic mass is 9.84. The fourth-order valence-corrected chi connectivity index (χ4v) is 7.12. The Hall–Kier alpha value is -4.12. The first-order chi connectivity index (χ1) is 18.7.